The second-order valence-corrected chi connectivity index (χ2v) is 7.86. The van der Waals surface area contributed by atoms with E-state index < -0.39 is 17.0 Å². The number of aromatic nitrogens is 1. The number of nitrogens with two attached hydrogens (primary N) is 1. The maximum atomic E-state index is 14.3. The minimum atomic E-state index is -1.22. The van der Waals surface area contributed by atoms with Gasteiger partial charge in [-0.05, 0) is 38.1 Å². The number of hydrogen-bond acceptors (Lipinski definition) is 5. The van der Waals surface area contributed by atoms with Gasteiger partial charge in [0.1, 0.15) is 17.2 Å². The summed E-state index contributed by atoms with van der Waals surface area (Å²) in [5.74, 6) is -0.147. The Labute approximate surface area is 160 Å². The fourth-order valence-electron chi connectivity index (χ4n) is 3.72. The van der Waals surface area contributed by atoms with Crippen molar-refractivity contribution >= 4 is 23.5 Å². The lowest BCUT2D eigenvalue weighted by Crippen LogP contribution is -2.49. The van der Waals surface area contributed by atoms with Crippen LogP contribution in [-0.2, 0) is 10.3 Å². The predicted molar refractivity (Wildman–Crippen MR) is 100 cm³/mol. The topological polar surface area (TPSA) is 80.8 Å². The molecule has 0 radical (unpaired) electrons. The third kappa shape index (κ3) is 2.65. The Kier molecular flexibility index (Phi) is 3.72. The van der Waals surface area contributed by atoms with Crippen molar-refractivity contribution in [1.29, 1.82) is 0 Å². The minimum absolute atomic E-state index is 0.135. The molecule has 2 aliphatic rings. The van der Waals surface area contributed by atoms with Crippen LogP contribution in [0.25, 0.3) is 11.3 Å². The Morgan fingerprint density at radius 1 is 1.33 bits per heavy atom. The van der Waals surface area contributed by atoms with Gasteiger partial charge in [-0.2, -0.15) is 0 Å². The quantitative estimate of drug-likeness (QED) is 0.814. The number of guanidine groups is 1. The molecule has 6 nitrogen and oxygen atoms in total. The first-order valence-electron chi connectivity index (χ1n) is 8.41. The zero-order valence-corrected chi connectivity index (χ0v) is 15.8. The second-order valence-electron chi connectivity index (χ2n) is 7.42. The SMILES string of the molecule is CN1C(=O)C2(CC(C)(C)Oc3cnc(-c4cc(Cl)ccc4F)cc32)N=C1N. The highest BCUT2D eigenvalue weighted by atomic mass is 35.5. The van der Waals surface area contributed by atoms with E-state index in [9.17, 15) is 9.18 Å². The van der Waals surface area contributed by atoms with Gasteiger partial charge in [0.2, 0.25) is 0 Å². The van der Waals surface area contributed by atoms with Crippen LogP contribution in [0.3, 0.4) is 0 Å². The molecule has 8 heteroatoms. The van der Waals surface area contributed by atoms with Crippen molar-refractivity contribution in [2.75, 3.05) is 7.05 Å². The molecule has 3 heterocycles. The zero-order chi connectivity index (χ0) is 19.6. The third-order valence-corrected chi connectivity index (χ3v) is 5.13. The molecule has 140 valence electrons. The van der Waals surface area contributed by atoms with Gasteiger partial charge in [0.25, 0.3) is 5.91 Å². The van der Waals surface area contributed by atoms with Crippen LogP contribution in [0.15, 0.2) is 35.5 Å². The summed E-state index contributed by atoms with van der Waals surface area (Å²) in [6.45, 7) is 3.75. The highest BCUT2D eigenvalue weighted by Crippen LogP contribution is 2.49. The normalized spacial score (nSPS) is 23.2. The number of aliphatic imine (C=N–C) groups is 1. The van der Waals surface area contributed by atoms with Gasteiger partial charge in [0.15, 0.2) is 11.5 Å². The number of nitrogens with zero attached hydrogens (tertiary/aromatic N) is 3. The first kappa shape index (κ1) is 17.7. The number of likely N-dealkylation sites (N-methyl/N-ethyl adjacent to an activating group) is 1. The fraction of sp³-hybridized carbons (Fsp3) is 0.316. The molecule has 1 aromatic heterocycles. The molecule has 2 N–H and O–H groups in total. The standard InChI is InChI=1S/C19H18ClFN4O2/c1-18(2)9-19(16(26)25(3)17(22)24-19)12-7-14(23-8-15(12)27-18)11-6-10(20)4-5-13(11)21/h4-8H,9H2,1-3H3,(H2,22,24). The number of halogens is 2. The zero-order valence-electron chi connectivity index (χ0n) is 15.1. The number of fused-ring (bicyclic) bond motifs is 2. The van der Waals surface area contributed by atoms with Crippen LogP contribution in [0, 0.1) is 5.82 Å². The molecule has 1 amide bonds. The number of carbonyl (C=O) groups excluding carboxylic acids is 1. The van der Waals surface area contributed by atoms with Crippen molar-refractivity contribution in [2.45, 2.75) is 31.4 Å². The average molecular weight is 389 g/mol. The number of ether oxygens (including phenoxy) is 1. The molecule has 27 heavy (non-hydrogen) atoms. The molecule has 0 fully saturated rings. The Hall–Kier alpha value is -2.67. The summed E-state index contributed by atoms with van der Waals surface area (Å²) < 4.78 is 20.3. The Balaban J connectivity index is 1.95. The van der Waals surface area contributed by atoms with Crippen LogP contribution in [0.5, 0.6) is 5.75 Å². The number of hydrogen-bond donors (Lipinski definition) is 1. The molecule has 0 bridgehead atoms. The van der Waals surface area contributed by atoms with E-state index >= 15 is 0 Å². The maximum Gasteiger partial charge on any atom is 0.261 e. The first-order chi connectivity index (χ1) is 12.6. The smallest absolute Gasteiger partial charge is 0.261 e. The number of amides is 1. The van der Waals surface area contributed by atoms with Crippen molar-refractivity contribution in [3.63, 3.8) is 0 Å². The van der Waals surface area contributed by atoms with Gasteiger partial charge in [-0.3, -0.25) is 14.7 Å². The van der Waals surface area contributed by atoms with Crippen LogP contribution in [-0.4, -0.2) is 34.4 Å². The van der Waals surface area contributed by atoms with Gasteiger partial charge in [-0.15, -0.1) is 0 Å². The van der Waals surface area contributed by atoms with E-state index in [2.05, 4.69) is 9.98 Å². The molecule has 0 saturated carbocycles. The Morgan fingerprint density at radius 3 is 2.74 bits per heavy atom. The first-order valence-corrected chi connectivity index (χ1v) is 8.79. The molecular formula is C19H18ClFN4O2. The van der Waals surface area contributed by atoms with E-state index in [-0.39, 0.29) is 17.4 Å². The lowest BCUT2D eigenvalue weighted by atomic mass is 9.77. The highest BCUT2D eigenvalue weighted by Gasteiger charge is 2.55. The monoisotopic (exact) mass is 388 g/mol. The van der Waals surface area contributed by atoms with Crippen LogP contribution in [0.1, 0.15) is 25.8 Å². The van der Waals surface area contributed by atoms with Crippen LogP contribution in [0.2, 0.25) is 5.02 Å². The van der Waals surface area contributed by atoms with E-state index in [1.165, 1.54) is 29.3 Å². The van der Waals surface area contributed by atoms with Gasteiger partial charge in [-0.25, -0.2) is 9.38 Å². The van der Waals surface area contributed by atoms with Crippen LogP contribution < -0.4 is 10.5 Å². The lowest BCUT2D eigenvalue weighted by molar-refractivity contribution is -0.133. The summed E-state index contributed by atoms with van der Waals surface area (Å²) in [5.41, 5.74) is 5.16. The number of benzene rings is 1. The molecule has 1 atom stereocenters. The number of rotatable bonds is 1. The summed E-state index contributed by atoms with van der Waals surface area (Å²) in [5, 5.41) is 0.386. The van der Waals surface area contributed by atoms with Gasteiger partial charge in [0.05, 0.1) is 11.9 Å². The highest BCUT2D eigenvalue weighted by molar-refractivity contribution is 6.30. The third-order valence-electron chi connectivity index (χ3n) is 4.89. The van der Waals surface area contributed by atoms with Gasteiger partial charge in [-0.1, -0.05) is 11.6 Å². The second kappa shape index (κ2) is 5.66. The Bertz CT molecular complexity index is 1010. The summed E-state index contributed by atoms with van der Waals surface area (Å²) in [6.07, 6.45) is 1.79. The Morgan fingerprint density at radius 2 is 2.07 bits per heavy atom. The number of carbonyl (C=O) groups is 1. The van der Waals surface area contributed by atoms with Gasteiger partial charge >= 0.3 is 0 Å². The van der Waals surface area contributed by atoms with Crippen molar-refractivity contribution in [2.24, 2.45) is 10.7 Å². The van der Waals surface area contributed by atoms with Crippen LogP contribution in [0.4, 0.5) is 4.39 Å². The van der Waals surface area contributed by atoms with Crippen molar-refractivity contribution in [1.82, 2.24) is 9.88 Å². The molecule has 1 unspecified atom stereocenters. The predicted octanol–water partition coefficient (Wildman–Crippen LogP) is 3.08. The molecule has 0 saturated heterocycles. The summed E-state index contributed by atoms with van der Waals surface area (Å²) in [6, 6.07) is 5.87. The summed E-state index contributed by atoms with van der Waals surface area (Å²) >= 11 is 6.01. The molecular weight excluding hydrogens is 371 g/mol. The van der Waals surface area contributed by atoms with E-state index in [4.69, 9.17) is 22.1 Å². The van der Waals surface area contributed by atoms with Crippen molar-refractivity contribution in [3.05, 3.63) is 46.9 Å². The van der Waals surface area contributed by atoms with E-state index in [0.717, 1.165) is 0 Å². The molecule has 0 aliphatic carbocycles. The van der Waals surface area contributed by atoms with Crippen molar-refractivity contribution < 1.29 is 13.9 Å². The van der Waals surface area contributed by atoms with E-state index in [1.807, 2.05) is 13.8 Å². The van der Waals surface area contributed by atoms with Gasteiger partial charge < -0.3 is 10.5 Å². The van der Waals surface area contributed by atoms with Gasteiger partial charge in [0, 0.05) is 29.6 Å². The minimum Gasteiger partial charge on any atom is -0.486 e. The number of pyridine rings is 1. The lowest BCUT2D eigenvalue weighted by Gasteiger charge is -2.41. The molecule has 2 aromatic rings. The fourth-order valence-corrected chi connectivity index (χ4v) is 3.90. The summed E-state index contributed by atoms with van der Waals surface area (Å²) in [7, 11) is 1.58. The largest absolute Gasteiger partial charge is 0.486 e. The molecule has 1 spiro atoms. The van der Waals surface area contributed by atoms with E-state index in [0.29, 0.717) is 28.5 Å². The maximum absolute atomic E-state index is 14.3. The van der Waals surface area contributed by atoms with Crippen LogP contribution >= 0.6 is 11.6 Å². The average Bonchev–Trinajstić information content (AvgIpc) is 2.80. The summed E-state index contributed by atoms with van der Waals surface area (Å²) in [4.78, 5) is 23.2. The van der Waals surface area contributed by atoms with Crippen molar-refractivity contribution in [3.8, 4) is 17.0 Å². The molecule has 4 rings (SSSR count). The van der Waals surface area contributed by atoms with E-state index in [1.54, 1.807) is 13.1 Å². The molecule has 2 aliphatic heterocycles. The molecule has 1 aromatic carbocycles.